The van der Waals surface area contributed by atoms with Gasteiger partial charge in [0.1, 0.15) is 0 Å². The summed E-state index contributed by atoms with van der Waals surface area (Å²) in [4.78, 5) is 23.0. The first-order valence-electron chi connectivity index (χ1n) is 10.1. The number of carbonyl (C=O) groups excluding carboxylic acids is 2. The fraction of sp³-hybridized carbons (Fsp3) is 0.800. The summed E-state index contributed by atoms with van der Waals surface area (Å²) < 4.78 is 36.8. The van der Waals surface area contributed by atoms with Crippen LogP contribution in [0.1, 0.15) is 80.5 Å². The van der Waals surface area contributed by atoms with Gasteiger partial charge < -0.3 is 10.3 Å². The molecule has 0 saturated heterocycles. The van der Waals surface area contributed by atoms with Gasteiger partial charge in [-0.05, 0) is 24.7 Å². The van der Waals surface area contributed by atoms with Crippen LogP contribution in [-0.4, -0.2) is 33.6 Å². The normalized spacial score (nSPS) is 11.7. The third kappa shape index (κ3) is 22.1. The Morgan fingerprint density at radius 1 is 0.793 bits per heavy atom. The van der Waals surface area contributed by atoms with Crippen molar-refractivity contribution in [1.82, 2.24) is 0 Å². The van der Waals surface area contributed by atoms with Crippen molar-refractivity contribution in [2.24, 2.45) is 11.8 Å². The maximum atomic E-state index is 11.5. The average molecular weight is 445 g/mol. The van der Waals surface area contributed by atoms with Gasteiger partial charge in [0, 0.05) is 12.2 Å². The van der Waals surface area contributed by atoms with E-state index in [1.165, 1.54) is 0 Å². The number of ether oxygens (including phenoxy) is 1. The molecule has 0 aromatic carbocycles. The summed E-state index contributed by atoms with van der Waals surface area (Å²) in [5.41, 5.74) is 0. The maximum Gasteiger partial charge on any atom is 1.00 e. The van der Waals surface area contributed by atoms with Crippen molar-refractivity contribution in [3.05, 3.63) is 12.2 Å². The largest absolute Gasteiger partial charge is 1.00 e. The second-order valence-electron chi connectivity index (χ2n) is 7.62. The molecule has 0 bridgehead atoms. The molecular weight excluding hydrogens is 407 g/mol. The predicted octanol–water partition coefficient (Wildman–Crippen LogP) is 1.44. The monoisotopic (exact) mass is 444 g/mol. The van der Waals surface area contributed by atoms with Crippen molar-refractivity contribution in [3.63, 3.8) is 0 Å². The molecular formula is C20H37NaO7S. The maximum absolute atomic E-state index is 11.5. The first-order chi connectivity index (χ1) is 13.1. The smallest absolute Gasteiger partial charge is 1.00 e. The summed E-state index contributed by atoms with van der Waals surface area (Å²) in [5, 5.41) is 0. The summed E-state index contributed by atoms with van der Waals surface area (Å²) in [5.74, 6) is -0.659. The standard InChI is InChI=1S/C20H36O7S.Na.H/c1-17(2)11-7-5-9-15-25-19(21)13-14-20(22)27-28(23,24)26-16-10-6-8-12-18(3)4;;/h13-14,17-18H,5-12,15-16H2,1-4H3;;/q;+1;-1. The molecule has 9 heteroatoms. The molecule has 0 radical (unpaired) electrons. The third-order valence-electron chi connectivity index (χ3n) is 3.86. The first kappa shape index (κ1) is 30.8. The first-order valence-corrected chi connectivity index (χ1v) is 11.4. The Bertz CT molecular complexity index is 578. The van der Waals surface area contributed by atoms with E-state index in [0.29, 0.717) is 24.3 Å². The van der Waals surface area contributed by atoms with Crippen LogP contribution >= 0.6 is 0 Å². The Balaban J connectivity index is -0.00000364. The van der Waals surface area contributed by atoms with Gasteiger partial charge in [-0.2, -0.15) is 8.42 Å². The van der Waals surface area contributed by atoms with Gasteiger partial charge in [-0.25, -0.2) is 13.8 Å². The van der Waals surface area contributed by atoms with Crippen LogP contribution in [0, 0.1) is 11.8 Å². The van der Waals surface area contributed by atoms with E-state index in [-0.39, 0.29) is 44.2 Å². The number of hydrogen-bond donors (Lipinski definition) is 0. The molecule has 0 aromatic rings. The fourth-order valence-electron chi connectivity index (χ4n) is 2.33. The molecule has 0 atom stereocenters. The summed E-state index contributed by atoms with van der Waals surface area (Å²) in [6, 6.07) is 0. The minimum atomic E-state index is -4.42. The van der Waals surface area contributed by atoms with Crippen LogP contribution in [-0.2, 0) is 33.1 Å². The van der Waals surface area contributed by atoms with Crippen molar-refractivity contribution in [1.29, 1.82) is 0 Å². The van der Waals surface area contributed by atoms with Gasteiger partial charge in [0.25, 0.3) is 0 Å². The van der Waals surface area contributed by atoms with Crippen molar-refractivity contribution >= 4 is 22.3 Å². The van der Waals surface area contributed by atoms with Crippen LogP contribution in [0.2, 0.25) is 0 Å². The molecule has 0 rings (SSSR count). The third-order valence-corrected chi connectivity index (χ3v) is 4.69. The Morgan fingerprint density at radius 3 is 1.79 bits per heavy atom. The van der Waals surface area contributed by atoms with E-state index < -0.39 is 22.3 Å². The molecule has 0 unspecified atom stereocenters. The summed E-state index contributed by atoms with van der Waals surface area (Å²) in [6.07, 6.45) is 8.93. The quantitative estimate of drug-likeness (QED) is 0.154. The summed E-state index contributed by atoms with van der Waals surface area (Å²) in [7, 11) is -4.42. The second-order valence-corrected chi connectivity index (χ2v) is 8.84. The number of hydrogen-bond acceptors (Lipinski definition) is 7. The van der Waals surface area contributed by atoms with Gasteiger partial charge in [-0.15, -0.1) is 0 Å². The zero-order valence-electron chi connectivity index (χ0n) is 19.6. The van der Waals surface area contributed by atoms with E-state index in [2.05, 4.69) is 36.1 Å². The van der Waals surface area contributed by atoms with Gasteiger partial charge in [0.2, 0.25) is 0 Å². The molecule has 0 aliphatic carbocycles. The van der Waals surface area contributed by atoms with E-state index in [0.717, 1.165) is 51.0 Å². The van der Waals surface area contributed by atoms with Crippen molar-refractivity contribution in [3.8, 4) is 0 Å². The van der Waals surface area contributed by atoms with E-state index >= 15 is 0 Å². The second kappa shape index (κ2) is 18.4. The van der Waals surface area contributed by atoms with Crippen LogP contribution in [0.5, 0.6) is 0 Å². The number of carbonyl (C=O) groups is 2. The van der Waals surface area contributed by atoms with Crippen LogP contribution < -0.4 is 29.6 Å². The zero-order valence-corrected chi connectivity index (χ0v) is 21.5. The molecule has 0 aromatic heterocycles. The molecule has 0 heterocycles. The van der Waals surface area contributed by atoms with Gasteiger partial charge >= 0.3 is 51.9 Å². The molecule has 0 aliphatic heterocycles. The van der Waals surface area contributed by atoms with E-state index in [4.69, 9.17) is 4.74 Å². The van der Waals surface area contributed by atoms with Gasteiger partial charge in [0.15, 0.2) is 0 Å². The molecule has 0 spiro atoms. The molecule has 0 fully saturated rings. The predicted molar refractivity (Wildman–Crippen MR) is 109 cm³/mol. The van der Waals surface area contributed by atoms with Gasteiger partial charge in [-0.3, -0.25) is 0 Å². The Morgan fingerprint density at radius 2 is 1.28 bits per heavy atom. The Hall–Kier alpha value is -0.410. The van der Waals surface area contributed by atoms with Gasteiger partial charge in [0.05, 0.1) is 13.2 Å². The van der Waals surface area contributed by atoms with Crippen molar-refractivity contribution in [2.45, 2.75) is 79.1 Å². The van der Waals surface area contributed by atoms with E-state index in [9.17, 15) is 18.0 Å². The van der Waals surface area contributed by atoms with Crippen molar-refractivity contribution < 1.29 is 62.1 Å². The molecule has 0 saturated carbocycles. The number of esters is 1. The molecule has 166 valence electrons. The molecule has 29 heavy (non-hydrogen) atoms. The average Bonchev–Trinajstić information content (AvgIpc) is 2.58. The zero-order chi connectivity index (χ0) is 21.4. The molecule has 7 nitrogen and oxygen atoms in total. The summed E-state index contributed by atoms with van der Waals surface area (Å²) >= 11 is 0. The molecule has 0 aliphatic rings. The Kier molecular flexibility index (Phi) is 19.5. The number of unbranched alkanes of at least 4 members (excludes halogenated alkanes) is 4. The van der Waals surface area contributed by atoms with Crippen LogP contribution in [0.15, 0.2) is 12.2 Å². The molecule has 0 N–H and O–H groups in total. The van der Waals surface area contributed by atoms with Crippen molar-refractivity contribution in [2.75, 3.05) is 13.2 Å². The number of rotatable bonds is 16. The van der Waals surface area contributed by atoms with E-state index in [1.807, 2.05) is 0 Å². The Labute approximate surface area is 200 Å². The van der Waals surface area contributed by atoms with Gasteiger partial charge in [-0.1, -0.05) is 66.2 Å². The van der Waals surface area contributed by atoms with Crippen LogP contribution in [0.25, 0.3) is 0 Å². The van der Waals surface area contributed by atoms with E-state index in [1.54, 1.807) is 0 Å². The van der Waals surface area contributed by atoms with Crippen LogP contribution in [0.4, 0.5) is 0 Å². The summed E-state index contributed by atoms with van der Waals surface area (Å²) in [6.45, 7) is 8.77. The topological polar surface area (TPSA) is 96.0 Å². The van der Waals surface area contributed by atoms with Crippen LogP contribution in [0.3, 0.4) is 0 Å². The fourth-order valence-corrected chi connectivity index (χ4v) is 2.96. The SMILES string of the molecule is CC(C)CCCCCOC(=O)C=CC(=O)OS(=O)(=O)OCCCCCC(C)C.[H-].[Na+]. The molecule has 0 amide bonds. The minimum Gasteiger partial charge on any atom is -1.00 e. The minimum absolute atomic E-state index is 0.